The average molecular weight is 750 g/mol. The van der Waals surface area contributed by atoms with Crippen molar-refractivity contribution in [2.45, 2.75) is 95.3 Å². The summed E-state index contributed by atoms with van der Waals surface area (Å²) in [5, 5.41) is 0.564. The fraction of sp³-hybridized carbons (Fsp3) is 0.500. The van der Waals surface area contributed by atoms with Gasteiger partial charge in [-0.1, -0.05) is 39.3 Å². The molecular formula is C40H51N3O9S. The second kappa shape index (κ2) is 16.5. The zero-order valence-corrected chi connectivity index (χ0v) is 32.4. The highest BCUT2D eigenvalue weighted by molar-refractivity contribution is 7.85. The number of rotatable bonds is 17. The molecule has 286 valence electrons. The molecule has 0 spiro atoms. The average Bonchev–Trinajstić information content (AvgIpc) is 3.62. The number of hydroxylamine groups is 2. The van der Waals surface area contributed by atoms with Gasteiger partial charge in [-0.25, -0.2) is 13.2 Å². The summed E-state index contributed by atoms with van der Waals surface area (Å²) < 4.78 is 49.4. The highest BCUT2D eigenvalue weighted by Crippen LogP contribution is 2.49. The van der Waals surface area contributed by atoms with E-state index in [9.17, 15) is 27.4 Å². The number of hydrogen-bond donors (Lipinski definition) is 0. The highest BCUT2D eigenvalue weighted by atomic mass is 32.2. The topological polar surface area (TPSA) is 146 Å². The molecule has 5 rings (SSSR count). The van der Waals surface area contributed by atoms with Crippen LogP contribution in [0.4, 0.5) is 11.4 Å². The van der Waals surface area contributed by atoms with Crippen molar-refractivity contribution in [3.05, 3.63) is 77.0 Å². The Morgan fingerprint density at radius 3 is 2.36 bits per heavy atom. The van der Waals surface area contributed by atoms with Crippen molar-refractivity contribution in [2.24, 2.45) is 0 Å². The van der Waals surface area contributed by atoms with Crippen LogP contribution in [-0.2, 0) is 56.1 Å². The molecular weight excluding hydrogens is 699 g/mol. The Hall–Kier alpha value is -4.17. The predicted octanol–water partition coefficient (Wildman–Crippen LogP) is 5.60. The fourth-order valence-corrected chi connectivity index (χ4v) is 7.88. The number of amides is 2. The van der Waals surface area contributed by atoms with Crippen LogP contribution in [0.1, 0.15) is 89.8 Å². The Balaban J connectivity index is 1.40. The number of allylic oxidation sites excluding steroid dienone is 4. The summed E-state index contributed by atoms with van der Waals surface area (Å²) in [6, 6.07) is 11.2. The number of unbranched alkanes of at least 4 members (excludes halogenated alkanes) is 2. The van der Waals surface area contributed by atoms with Crippen molar-refractivity contribution < 1.29 is 46.2 Å². The Labute approximate surface area is 312 Å². The first kappa shape index (κ1) is 40.0. The number of ether oxygens (including phenoxy) is 2. The number of nitrogens with zero attached hydrogens (tertiary/aromatic N) is 3. The van der Waals surface area contributed by atoms with Crippen LogP contribution in [0.5, 0.6) is 0 Å². The van der Waals surface area contributed by atoms with Gasteiger partial charge in [-0.05, 0) is 74.6 Å². The Kier molecular flexibility index (Phi) is 12.4. The number of aryl methyl sites for hydroxylation is 1. The normalized spacial score (nSPS) is 18.5. The van der Waals surface area contributed by atoms with Crippen molar-refractivity contribution in [3.63, 3.8) is 0 Å². The van der Waals surface area contributed by atoms with Crippen molar-refractivity contribution in [3.8, 4) is 0 Å². The molecule has 0 radical (unpaired) electrons. The minimum Gasteiger partial charge on any atom is -0.744 e. The van der Waals surface area contributed by atoms with E-state index in [1.165, 1.54) is 23.3 Å². The van der Waals surface area contributed by atoms with E-state index in [0.29, 0.717) is 57.2 Å². The minimum absolute atomic E-state index is 0.0418. The molecule has 2 aromatic carbocycles. The molecule has 0 N–H and O–H groups in total. The number of fused-ring (bicyclic) bond motifs is 2. The highest BCUT2D eigenvalue weighted by Gasteiger charge is 2.45. The third-order valence-electron chi connectivity index (χ3n) is 10.4. The molecule has 0 aliphatic carbocycles. The number of imide groups is 1. The third-order valence-corrected chi connectivity index (χ3v) is 11.2. The van der Waals surface area contributed by atoms with Gasteiger partial charge in [-0.15, -0.1) is 5.06 Å². The monoisotopic (exact) mass is 749 g/mol. The molecule has 0 saturated carbocycles. The quantitative estimate of drug-likeness (QED) is 0.0868. The van der Waals surface area contributed by atoms with E-state index in [1.54, 1.807) is 13.2 Å². The minimum atomic E-state index is -4.67. The maximum absolute atomic E-state index is 12.3. The third kappa shape index (κ3) is 8.64. The van der Waals surface area contributed by atoms with Crippen molar-refractivity contribution in [1.82, 2.24) is 5.06 Å². The maximum Gasteiger partial charge on any atom is 0.333 e. The van der Waals surface area contributed by atoms with Gasteiger partial charge in [0.2, 0.25) is 5.69 Å². The van der Waals surface area contributed by atoms with Gasteiger partial charge in [-0.3, -0.25) is 9.59 Å². The van der Waals surface area contributed by atoms with Crippen LogP contribution in [0, 0.1) is 0 Å². The van der Waals surface area contributed by atoms with Gasteiger partial charge in [0.05, 0.1) is 23.5 Å². The van der Waals surface area contributed by atoms with Crippen LogP contribution in [0.3, 0.4) is 0 Å². The lowest BCUT2D eigenvalue weighted by Gasteiger charge is -2.27. The smallest absolute Gasteiger partial charge is 0.333 e. The van der Waals surface area contributed by atoms with Gasteiger partial charge in [0.25, 0.3) is 11.8 Å². The molecule has 0 unspecified atom stereocenters. The van der Waals surface area contributed by atoms with Crippen molar-refractivity contribution in [2.75, 3.05) is 44.9 Å². The van der Waals surface area contributed by atoms with Crippen LogP contribution in [0.25, 0.3) is 0 Å². The molecule has 13 heteroatoms. The first-order valence-electron chi connectivity index (χ1n) is 18.3. The summed E-state index contributed by atoms with van der Waals surface area (Å²) in [6.45, 7) is 13.4. The van der Waals surface area contributed by atoms with E-state index in [2.05, 4.69) is 60.6 Å². The van der Waals surface area contributed by atoms with Crippen LogP contribution < -0.4 is 4.90 Å². The first-order valence-corrected chi connectivity index (χ1v) is 19.7. The standard InChI is InChI=1S/C40H51N3O9S/c1-7-28-15-17-32-30(26-28)39(2,3)35(42(32)22-23-51-25-24-50-6)13-11-12-34-40(4,5)31-27-29(53(47,48)49)16-18-33(31)41(34)21-10-8-9-14-38(46)52-43-36(44)19-20-37(43)45/h11-13,15-18,26-27H,7-10,14,19-25H2,1-6H3. The SMILES string of the molecule is CCc1ccc2c(c1)C(C)(C)C(C=CC=C1N(CCCCCC(=O)ON3C(=O)CCC3=O)c3ccc(S(=O)(=O)[O-])cc3C1(C)C)=[N+]2CCOCCOC. The molecule has 3 heterocycles. The number of anilines is 1. The Bertz CT molecular complexity index is 1930. The van der Waals surface area contributed by atoms with Crippen LogP contribution >= 0.6 is 0 Å². The molecule has 53 heavy (non-hydrogen) atoms. The van der Waals surface area contributed by atoms with Crippen molar-refractivity contribution >= 4 is 45.0 Å². The maximum atomic E-state index is 12.3. The van der Waals surface area contributed by atoms with Crippen LogP contribution in [0.15, 0.2) is 65.2 Å². The van der Waals surface area contributed by atoms with E-state index >= 15 is 0 Å². The first-order chi connectivity index (χ1) is 25.1. The number of benzene rings is 2. The van der Waals surface area contributed by atoms with Crippen molar-refractivity contribution in [1.29, 1.82) is 0 Å². The molecule has 2 amide bonds. The van der Waals surface area contributed by atoms with Gasteiger partial charge < -0.3 is 23.8 Å². The lowest BCUT2D eigenvalue weighted by molar-refractivity contribution is -0.442. The second-order valence-electron chi connectivity index (χ2n) is 14.6. The molecule has 1 fully saturated rings. The summed E-state index contributed by atoms with van der Waals surface area (Å²) in [5.41, 5.74) is 6.37. The Morgan fingerprint density at radius 1 is 0.943 bits per heavy atom. The van der Waals surface area contributed by atoms with Gasteiger partial charge in [0, 0.05) is 67.4 Å². The lowest BCUT2D eigenvalue weighted by atomic mass is 9.80. The number of methoxy groups -OCH3 is 1. The Morgan fingerprint density at radius 2 is 1.68 bits per heavy atom. The molecule has 3 aliphatic heterocycles. The number of carbonyl (C=O) groups excluding carboxylic acids is 3. The van der Waals surface area contributed by atoms with Gasteiger partial charge >= 0.3 is 5.97 Å². The summed E-state index contributed by atoms with van der Waals surface area (Å²) in [4.78, 5) is 42.8. The molecule has 0 bridgehead atoms. The van der Waals surface area contributed by atoms with E-state index in [1.807, 2.05) is 19.9 Å². The summed E-state index contributed by atoms with van der Waals surface area (Å²) in [5.74, 6) is -1.65. The van der Waals surface area contributed by atoms with Gasteiger partial charge in [0.15, 0.2) is 12.3 Å². The lowest BCUT2D eigenvalue weighted by Crippen LogP contribution is -2.32. The number of hydrogen-bond acceptors (Lipinski definition) is 10. The summed E-state index contributed by atoms with van der Waals surface area (Å²) in [6.07, 6.45) is 9.15. The van der Waals surface area contributed by atoms with Crippen LogP contribution in [0.2, 0.25) is 0 Å². The largest absolute Gasteiger partial charge is 0.744 e. The molecule has 0 atom stereocenters. The zero-order chi connectivity index (χ0) is 38.6. The van der Waals surface area contributed by atoms with E-state index in [-0.39, 0.29) is 29.6 Å². The van der Waals surface area contributed by atoms with E-state index in [4.69, 9.17) is 14.3 Å². The summed E-state index contributed by atoms with van der Waals surface area (Å²) >= 11 is 0. The molecule has 1 saturated heterocycles. The molecule has 12 nitrogen and oxygen atoms in total. The van der Waals surface area contributed by atoms with Crippen LogP contribution in [-0.4, -0.2) is 86.1 Å². The molecule has 3 aliphatic rings. The van der Waals surface area contributed by atoms with E-state index < -0.39 is 33.3 Å². The van der Waals surface area contributed by atoms with Gasteiger partial charge in [0.1, 0.15) is 16.7 Å². The fourth-order valence-electron chi connectivity index (χ4n) is 7.39. The zero-order valence-electron chi connectivity index (χ0n) is 31.6. The predicted molar refractivity (Wildman–Crippen MR) is 199 cm³/mol. The summed E-state index contributed by atoms with van der Waals surface area (Å²) in [7, 11) is -3.01. The number of carbonyl (C=O) groups is 3. The molecule has 0 aromatic heterocycles. The van der Waals surface area contributed by atoms with Gasteiger partial charge in [-0.2, -0.15) is 4.58 Å². The second-order valence-corrected chi connectivity index (χ2v) is 16.0. The van der Waals surface area contributed by atoms with E-state index in [0.717, 1.165) is 34.8 Å². The molecule has 2 aromatic rings.